The van der Waals surface area contributed by atoms with Gasteiger partial charge in [0.1, 0.15) is 0 Å². The zero-order valence-electron chi connectivity index (χ0n) is 9.48. The molecule has 0 amide bonds. The standard InChI is InChI=1S/C13H14N4/c1-2-10-12-11(7-9(1)15-10)16-17-13(12)8-3-5-14-6-4-8/h3-6,9-10,15H,1-2,7H2,(H,16,17)/t9-,10-/m1/s1. The summed E-state index contributed by atoms with van der Waals surface area (Å²) in [7, 11) is 0. The summed E-state index contributed by atoms with van der Waals surface area (Å²) < 4.78 is 0. The van der Waals surface area contributed by atoms with Crippen molar-refractivity contribution in [2.24, 2.45) is 0 Å². The van der Waals surface area contributed by atoms with Crippen LogP contribution in [-0.4, -0.2) is 21.2 Å². The number of rotatable bonds is 1. The highest BCUT2D eigenvalue weighted by Gasteiger charge is 2.35. The zero-order chi connectivity index (χ0) is 11.2. The van der Waals surface area contributed by atoms with Gasteiger partial charge in [-0.15, -0.1) is 0 Å². The fourth-order valence-electron chi connectivity index (χ4n) is 3.10. The molecule has 0 saturated carbocycles. The number of nitrogens with one attached hydrogen (secondary N) is 2. The molecule has 0 aliphatic carbocycles. The van der Waals surface area contributed by atoms with E-state index in [1.165, 1.54) is 24.1 Å². The highest BCUT2D eigenvalue weighted by Crippen LogP contribution is 2.39. The van der Waals surface area contributed by atoms with Crippen molar-refractivity contribution in [3.05, 3.63) is 35.8 Å². The lowest BCUT2D eigenvalue weighted by Crippen LogP contribution is -2.31. The molecule has 0 aromatic carbocycles. The van der Waals surface area contributed by atoms with E-state index in [9.17, 15) is 0 Å². The average Bonchev–Trinajstić information content (AvgIpc) is 2.96. The molecular formula is C13H14N4. The molecule has 1 fully saturated rings. The Morgan fingerprint density at radius 1 is 1.18 bits per heavy atom. The number of H-pyrrole nitrogens is 1. The fourth-order valence-corrected chi connectivity index (χ4v) is 3.10. The fraction of sp³-hybridized carbons (Fsp3) is 0.385. The summed E-state index contributed by atoms with van der Waals surface area (Å²) in [4.78, 5) is 4.06. The van der Waals surface area contributed by atoms with Crippen LogP contribution in [0.3, 0.4) is 0 Å². The van der Waals surface area contributed by atoms with Gasteiger partial charge in [-0.05, 0) is 25.0 Å². The number of aromatic amines is 1. The zero-order valence-corrected chi connectivity index (χ0v) is 9.48. The average molecular weight is 226 g/mol. The van der Waals surface area contributed by atoms with Crippen LogP contribution in [0.25, 0.3) is 11.3 Å². The number of hydrogen-bond donors (Lipinski definition) is 2. The predicted octanol–water partition coefficient (Wildman–Crippen LogP) is 1.82. The van der Waals surface area contributed by atoms with Gasteiger partial charge in [-0.25, -0.2) is 0 Å². The maximum Gasteiger partial charge on any atom is 0.0972 e. The first-order valence-corrected chi connectivity index (χ1v) is 6.15. The summed E-state index contributed by atoms with van der Waals surface area (Å²) in [5.74, 6) is 0. The van der Waals surface area contributed by atoms with Gasteiger partial charge in [0, 0.05) is 47.7 Å². The summed E-state index contributed by atoms with van der Waals surface area (Å²) in [5, 5.41) is 11.4. The molecular weight excluding hydrogens is 212 g/mol. The summed E-state index contributed by atoms with van der Waals surface area (Å²) in [6.07, 6.45) is 7.25. The van der Waals surface area contributed by atoms with E-state index < -0.39 is 0 Å². The maximum absolute atomic E-state index is 4.49. The lowest BCUT2D eigenvalue weighted by atomic mass is 9.97. The van der Waals surface area contributed by atoms with Crippen molar-refractivity contribution in [1.82, 2.24) is 20.5 Å². The van der Waals surface area contributed by atoms with Crippen molar-refractivity contribution in [2.75, 3.05) is 0 Å². The van der Waals surface area contributed by atoms with Crippen molar-refractivity contribution < 1.29 is 0 Å². The number of aromatic nitrogens is 3. The van der Waals surface area contributed by atoms with Crippen LogP contribution in [0.15, 0.2) is 24.5 Å². The van der Waals surface area contributed by atoms with Crippen LogP contribution < -0.4 is 5.32 Å². The van der Waals surface area contributed by atoms with Crippen molar-refractivity contribution in [1.29, 1.82) is 0 Å². The number of hydrogen-bond acceptors (Lipinski definition) is 3. The number of nitrogens with zero attached hydrogens (tertiary/aromatic N) is 2. The first-order chi connectivity index (χ1) is 8.42. The lowest BCUT2D eigenvalue weighted by Gasteiger charge is -2.21. The predicted molar refractivity (Wildman–Crippen MR) is 64.4 cm³/mol. The molecule has 4 heteroatoms. The monoisotopic (exact) mass is 226 g/mol. The van der Waals surface area contributed by atoms with Gasteiger partial charge in [0.15, 0.2) is 0 Å². The van der Waals surface area contributed by atoms with E-state index in [-0.39, 0.29) is 0 Å². The van der Waals surface area contributed by atoms with Crippen molar-refractivity contribution in [3.63, 3.8) is 0 Å². The second kappa shape index (κ2) is 3.40. The van der Waals surface area contributed by atoms with Gasteiger partial charge in [-0.3, -0.25) is 10.1 Å². The SMILES string of the molecule is c1cc(-c2n[nH]c3c2[C@H]2CC[C@H](C3)N2)ccn1. The molecule has 4 rings (SSSR count). The van der Waals surface area contributed by atoms with E-state index in [0.29, 0.717) is 12.1 Å². The van der Waals surface area contributed by atoms with Gasteiger partial charge in [0.25, 0.3) is 0 Å². The molecule has 1 saturated heterocycles. The minimum absolute atomic E-state index is 0.491. The molecule has 2 aliphatic rings. The van der Waals surface area contributed by atoms with E-state index in [0.717, 1.165) is 17.7 Å². The molecule has 0 unspecified atom stereocenters. The number of fused-ring (bicyclic) bond motifs is 4. The minimum atomic E-state index is 0.491. The Balaban J connectivity index is 1.87. The second-order valence-electron chi connectivity index (χ2n) is 4.90. The van der Waals surface area contributed by atoms with Crippen LogP contribution in [-0.2, 0) is 6.42 Å². The molecule has 4 heterocycles. The Morgan fingerprint density at radius 3 is 2.94 bits per heavy atom. The third kappa shape index (κ3) is 1.34. The topological polar surface area (TPSA) is 53.6 Å². The van der Waals surface area contributed by atoms with Crippen molar-refractivity contribution in [3.8, 4) is 11.3 Å². The normalized spacial score (nSPS) is 25.9. The highest BCUT2D eigenvalue weighted by atomic mass is 15.2. The second-order valence-corrected chi connectivity index (χ2v) is 4.90. The molecule has 2 N–H and O–H groups in total. The summed E-state index contributed by atoms with van der Waals surface area (Å²) in [6.45, 7) is 0. The molecule has 17 heavy (non-hydrogen) atoms. The summed E-state index contributed by atoms with van der Waals surface area (Å²) in [5.41, 5.74) is 4.96. The van der Waals surface area contributed by atoms with Gasteiger partial charge in [-0.2, -0.15) is 5.10 Å². The first kappa shape index (κ1) is 9.36. The third-order valence-corrected chi connectivity index (χ3v) is 3.88. The summed E-state index contributed by atoms with van der Waals surface area (Å²) >= 11 is 0. The van der Waals surface area contributed by atoms with Crippen LogP contribution in [0.1, 0.15) is 30.1 Å². The Hall–Kier alpha value is -1.68. The molecule has 2 atom stereocenters. The van der Waals surface area contributed by atoms with E-state index in [1.54, 1.807) is 0 Å². The van der Waals surface area contributed by atoms with Gasteiger partial charge < -0.3 is 5.32 Å². The van der Waals surface area contributed by atoms with Crippen LogP contribution in [0.5, 0.6) is 0 Å². The Kier molecular flexibility index (Phi) is 1.87. The Labute approximate surface area is 99.5 Å². The van der Waals surface area contributed by atoms with Crippen LogP contribution >= 0.6 is 0 Å². The molecule has 2 aromatic heterocycles. The van der Waals surface area contributed by atoms with E-state index in [2.05, 4.69) is 20.5 Å². The molecule has 86 valence electrons. The molecule has 0 radical (unpaired) electrons. The van der Waals surface area contributed by atoms with Gasteiger partial charge >= 0.3 is 0 Å². The van der Waals surface area contributed by atoms with Crippen LogP contribution in [0.4, 0.5) is 0 Å². The van der Waals surface area contributed by atoms with Crippen LogP contribution in [0.2, 0.25) is 0 Å². The minimum Gasteiger partial charge on any atom is -0.307 e. The third-order valence-electron chi connectivity index (χ3n) is 3.88. The molecule has 4 nitrogen and oxygen atoms in total. The van der Waals surface area contributed by atoms with Crippen molar-refractivity contribution in [2.45, 2.75) is 31.3 Å². The summed E-state index contributed by atoms with van der Waals surface area (Å²) in [6, 6.07) is 5.19. The van der Waals surface area contributed by atoms with Gasteiger partial charge in [0.05, 0.1) is 5.69 Å². The Bertz CT molecular complexity index is 546. The van der Waals surface area contributed by atoms with E-state index in [1.807, 2.05) is 24.5 Å². The van der Waals surface area contributed by atoms with Gasteiger partial charge in [-0.1, -0.05) is 0 Å². The van der Waals surface area contributed by atoms with E-state index in [4.69, 9.17) is 0 Å². The lowest BCUT2D eigenvalue weighted by molar-refractivity contribution is 0.511. The molecule has 2 aromatic rings. The van der Waals surface area contributed by atoms with Gasteiger partial charge in [0.2, 0.25) is 0 Å². The molecule has 2 bridgehead atoms. The Morgan fingerprint density at radius 2 is 2.06 bits per heavy atom. The highest BCUT2D eigenvalue weighted by molar-refractivity contribution is 5.65. The molecule has 2 aliphatic heterocycles. The van der Waals surface area contributed by atoms with Crippen LogP contribution in [0, 0.1) is 0 Å². The first-order valence-electron chi connectivity index (χ1n) is 6.15. The number of pyridine rings is 1. The quantitative estimate of drug-likeness (QED) is 0.780. The smallest absolute Gasteiger partial charge is 0.0972 e. The van der Waals surface area contributed by atoms with E-state index >= 15 is 0 Å². The largest absolute Gasteiger partial charge is 0.307 e. The van der Waals surface area contributed by atoms with Crippen molar-refractivity contribution >= 4 is 0 Å². The maximum atomic E-state index is 4.49. The molecule has 0 spiro atoms.